The number of aromatic nitrogens is 2. The fourth-order valence-electron chi connectivity index (χ4n) is 1.38. The Hall–Kier alpha value is -1.85. The molecule has 2 amide bonds. The molecule has 1 aromatic rings. The number of hydrogen-bond donors (Lipinski definition) is 3. The summed E-state index contributed by atoms with van der Waals surface area (Å²) in [5.74, 6) is -0.0976. The minimum absolute atomic E-state index is 0.182. The summed E-state index contributed by atoms with van der Waals surface area (Å²) in [4.78, 5) is 23.5. The van der Waals surface area contributed by atoms with Crippen molar-refractivity contribution < 1.29 is 9.59 Å². The Labute approximate surface area is 107 Å². The first kappa shape index (κ1) is 14.2. The van der Waals surface area contributed by atoms with Crippen molar-refractivity contribution >= 4 is 11.8 Å². The van der Waals surface area contributed by atoms with Gasteiger partial charge < -0.3 is 10.6 Å². The van der Waals surface area contributed by atoms with E-state index < -0.39 is 6.04 Å². The Balaban J connectivity index is 2.49. The number of H-pyrrole nitrogens is 1. The number of carbonyl (C=O) groups excluding carboxylic acids is 2. The van der Waals surface area contributed by atoms with Gasteiger partial charge in [0, 0.05) is 12.2 Å². The van der Waals surface area contributed by atoms with Crippen molar-refractivity contribution in [3.63, 3.8) is 0 Å². The predicted molar refractivity (Wildman–Crippen MR) is 68.1 cm³/mol. The quantitative estimate of drug-likeness (QED) is 0.717. The highest BCUT2D eigenvalue weighted by atomic mass is 16.2. The highest BCUT2D eigenvalue weighted by molar-refractivity contribution is 5.97. The van der Waals surface area contributed by atoms with E-state index in [1.165, 1.54) is 6.20 Å². The molecule has 0 aliphatic carbocycles. The monoisotopic (exact) mass is 252 g/mol. The van der Waals surface area contributed by atoms with Crippen LogP contribution in [-0.2, 0) is 4.79 Å². The summed E-state index contributed by atoms with van der Waals surface area (Å²) in [6.45, 7) is 8.04. The van der Waals surface area contributed by atoms with Crippen LogP contribution in [0.1, 0.15) is 36.8 Å². The number of aromatic amines is 1. The predicted octanol–water partition coefficient (Wildman–Crippen LogP) is 0.609. The van der Waals surface area contributed by atoms with Crippen molar-refractivity contribution in [2.45, 2.75) is 33.7 Å². The lowest BCUT2D eigenvalue weighted by Crippen LogP contribution is -2.45. The first-order valence-corrected chi connectivity index (χ1v) is 6.00. The molecule has 18 heavy (non-hydrogen) atoms. The molecule has 0 bridgehead atoms. The summed E-state index contributed by atoms with van der Waals surface area (Å²) >= 11 is 0. The van der Waals surface area contributed by atoms with Crippen LogP contribution < -0.4 is 10.6 Å². The van der Waals surface area contributed by atoms with Crippen molar-refractivity contribution in [1.82, 2.24) is 20.8 Å². The Kier molecular flexibility index (Phi) is 4.88. The minimum atomic E-state index is -0.564. The van der Waals surface area contributed by atoms with Crippen LogP contribution in [0.15, 0.2) is 6.20 Å². The molecule has 0 aliphatic rings. The maximum atomic E-state index is 11.8. The van der Waals surface area contributed by atoms with Gasteiger partial charge in [-0.1, -0.05) is 13.8 Å². The molecule has 100 valence electrons. The molecule has 6 nitrogen and oxygen atoms in total. The largest absolute Gasteiger partial charge is 0.354 e. The van der Waals surface area contributed by atoms with Gasteiger partial charge in [0.25, 0.3) is 5.91 Å². The standard InChI is InChI=1S/C12H20N4O2/c1-7(2)5-13-11(17)9(4)15-12(18)10-6-14-16-8(10)3/h6-7,9H,5H2,1-4H3,(H,13,17)(H,14,16)(H,15,18). The molecular formula is C12H20N4O2. The van der Waals surface area contributed by atoms with E-state index in [4.69, 9.17) is 0 Å². The third-order valence-corrected chi connectivity index (χ3v) is 2.50. The zero-order valence-electron chi connectivity index (χ0n) is 11.2. The van der Waals surface area contributed by atoms with Crippen molar-refractivity contribution in [3.8, 4) is 0 Å². The van der Waals surface area contributed by atoms with E-state index in [1.807, 2.05) is 13.8 Å². The summed E-state index contributed by atoms with van der Waals surface area (Å²) in [6.07, 6.45) is 1.45. The number of aryl methyl sites for hydroxylation is 1. The Bertz CT molecular complexity index is 425. The van der Waals surface area contributed by atoms with Crippen molar-refractivity contribution in [3.05, 3.63) is 17.5 Å². The van der Waals surface area contributed by atoms with E-state index in [0.717, 1.165) is 0 Å². The van der Waals surface area contributed by atoms with Crippen molar-refractivity contribution in [2.75, 3.05) is 6.54 Å². The second kappa shape index (κ2) is 6.18. The first-order valence-electron chi connectivity index (χ1n) is 6.00. The van der Waals surface area contributed by atoms with Gasteiger partial charge in [-0.2, -0.15) is 5.10 Å². The molecule has 1 aromatic heterocycles. The molecule has 1 rings (SSSR count). The van der Waals surface area contributed by atoms with Crippen LogP contribution >= 0.6 is 0 Å². The molecule has 0 fully saturated rings. The topological polar surface area (TPSA) is 86.9 Å². The molecule has 1 heterocycles. The Morgan fingerprint density at radius 3 is 2.56 bits per heavy atom. The van der Waals surface area contributed by atoms with Crippen LogP contribution in [0.25, 0.3) is 0 Å². The zero-order chi connectivity index (χ0) is 13.7. The van der Waals surface area contributed by atoms with E-state index >= 15 is 0 Å². The van der Waals surface area contributed by atoms with Crippen LogP contribution in [0, 0.1) is 12.8 Å². The lowest BCUT2D eigenvalue weighted by molar-refractivity contribution is -0.122. The summed E-state index contributed by atoms with van der Waals surface area (Å²) in [5.41, 5.74) is 1.14. The van der Waals surface area contributed by atoms with Gasteiger partial charge in [0.05, 0.1) is 11.8 Å². The van der Waals surface area contributed by atoms with Gasteiger partial charge in [-0.05, 0) is 19.8 Å². The highest BCUT2D eigenvalue weighted by Crippen LogP contribution is 2.02. The smallest absolute Gasteiger partial charge is 0.255 e. The zero-order valence-corrected chi connectivity index (χ0v) is 11.2. The molecule has 0 aliphatic heterocycles. The van der Waals surface area contributed by atoms with Crippen LogP contribution in [0.2, 0.25) is 0 Å². The van der Waals surface area contributed by atoms with Gasteiger partial charge >= 0.3 is 0 Å². The number of nitrogens with one attached hydrogen (secondary N) is 3. The van der Waals surface area contributed by atoms with Crippen molar-refractivity contribution in [1.29, 1.82) is 0 Å². The number of rotatable bonds is 5. The fraction of sp³-hybridized carbons (Fsp3) is 0.583. The molecule has 6 heteroatoms. The number of amides is 2. The number of hydrogen-bond acceptors (Lipinski definition) is 3. The SMILES string of the molecule is Cc1[nH]ncc1C(=O)NC(C)C(=O)NCC(C)C. The van der Waals surface area contributed by atoms with Gasteiger partial charge in [0.2, 0.25) is 5.91 Å². The first-order chi connectivity index (χ1) is 8.41. The minimum Gasteiger partial charge on any atom is -0.354 e. The number of carbonyl (C=O) groups is 2. The molecule has 0 spiro atoms. The van der Waals surface area contributed by atoms with E-state index in [9.17, 15) is 9.59 Å². The molecule has 0 saturated carbocycles. The third-order valence-electron chi connectivity index (χ3n) is 2.50. The second-order valence-electron chi connectivity index (χ2n) is 4.74. The van der Waals surface area contributed by atoms with Crippen LogP contribution in [0.5, 0.6) is 0 Å². The van der Waals surface area contributed by atoms with Gasteiger partial charge in [-0.25, -0.2) is 0 Å². The van der Waals surface area contributed by atoms with Gasteiger partial charge in [-0.3, -0.25) is 14.7 Å². The Morgan fingerprint density at radius 2 is 2.06 bits per heavy atom. The maximum Gasteiger partial charge on any atom is 0.255 e. The molecule has 3 N–H and O–H groups in total. The maximum absolute atomic E-state index is 11.8. The average Bonchev–Trinajstić information content (AvgIpc) is 2.72. The second-order valence-corrected chi connectivity index (χ2v) is 4.74. The van der Waals surface area contributed by atoms with E-state index in [0.29, 0.717) is 23.7 Å². The van der Waals surface area contributed by atoms with Crippen molar-refractivity contribution in [2.24, 2.45) is 5.92 Å². The third kappa shape index (κ3) is 3.87. The van der Waals surface area contributed by atoms with E-state index in [-0.39, 0.29) is 11.8 Å². The summed E-state index contributed by atoms with van der Waals surface area (Å²) < 4.78 is 0. The summed E-state index contributed by atoms with van der Waals surface area (Å²) in [5, 5.41) is 11.9. The normalized spacial score (nSPS) is 12.3. The van der Waals surface area contributed by atoms with Crippen LogP contribution in [0.4, 0.5) is 0 Å². The van der Waals surface area contributed by atoms with Gasteiger partial charge in [0.1, 0.15) is 6.04 Å². The molecule has 0 aromatic carbocycles. The molecule has 1 unspecified atom stereocenters. The molecule has 0 saturated heterocycles. The van der Waals surface area contributed by atoms with Gasteiger partial charge in [-0.15, -0.1) is 0 Å². The van der Waals surface area contributed by atoms with Crippen LogP contribution in [0.3, 0.4) is 0 Å². The lowest BCUT2D eigenvalue weighted by atomic mass is 10.2. The number of nitrogens with zero attached hydrogens (tertiary/aromatic N) is 1. The van der Waals surface area contributed by atoms with Gasteiger partial charge in [0.15, 0.2) is 0 Å². The average molecular weight is 252 g/mol. The summed E-state index contributed by atoms with van der Waals surface area (Å²) in [7, 11) is 0. The molecular weight excluding hydrogens is 232 g/mol. The fourth-order valence-corrected chi connectivity index (χ4v) is 1.38. The lowest BCUT2D eigenvalue weighted by Gasteiger charge is -2.14. The van der Waals surface area contributed by atoms with E-state index in [1.54, 1.807) is 13.8 Å². The summed E-state index contributed by atoms with van der Waals surface area (Å²) in [6, 6.07) is -0.564. The molecule has 0 radical (unpaired) electrons. The Morgan fingerprint density at radius 1 is 1.39 bits per heavy atom. The molecule has 1 atom stereocenters. The van der Waals surface area contributed by atoms with E-state index in [2.05, 4.69) is 20.8 Å². The highest BCUT2D eigenvalue weighted by Gasteiger charge is 2.18. The van der Waals surface area contributed by atoms with Crippen LogP contribution in [-0.4, -0.2) is 34.6 Å².